The number of carbonyl (C=O) groups excluding carboxylic acids is 1. The Hall–Kier alpha value is -2.47. The van der Waals surface area contributed by atoms with Gasteiger partial charge in [0.2, 0.25) is 0 Å². The van der Waals surface area contributed by atoms with Gasteiger partial charge in [-0.1, -0.05) is 12.1 Å². The molecule has 2 aromatic carbocycles. The highest BCUT2D eigenvalue weighted by atomic mass is 32.2. The lowest BCUT2D eigenvalue weighted by Gasteiger charge is -2.13. The summed E-state index contributed by atoms with van der Waals surface area (Å²) in [5.41, 5.74) is 3.48. The lowest BCUT2D eigenvalue weighted by atomic mass is 10.2. The molecule has 2 rings (SSSR count). The number of rotatable bonds is 5. The molecule has 2 N–H and O–H groups in total. The maximum absolute atomic E-state index is 12.1. The van der Waals surface area contributed by atoms with Crippen molar-refractivity contribution in [2.75, 3.05) is 35.9 Å². The number of hydrogen-bond donors (Lipinski definition) is 2. The van der Waals surface area contributed by atoms with Gasteiger partial charge in [0.15, 0.2) is 0 Å². The van der Waals surface area contributed by atoms with Gasteiger partial charge in [0.1, 0.15) is 0 Å². The summed E-state index contributed by atoms with van der Waals surface area (Å²) < 4.78 is 4.11. The second kappa shape index (κ2) is 8.24. The van der Waals surface area contributed by atoms with E-state index in [1.165, 1.54) is 11.9 Å². The Labute approximate surface area is 140 Å². The van der Waals surface area contributed by atoms with Crippen molar-refractivity contribution in [1.29, 1.82) is 0 Å². The minimum Gasteiger partial charge on any atom is -0.378 e. The molecule has 0 fully saturated rings. The second-order valence-electron chi connectivity index (χ2n) is 5.06. The second-order valence-corrected chi connectivity index (χ2v) is 5.64. The van der Waals surface area contributed by atoms with Crippen LogP contribution < -0.4 is 15.5 Å². The van der Waals surface area contributed by atoms with Gasteiger partial charge < -0.3 is 15.5 Å². The number of anilines is 3. The van der Waals surface area contributed by atoms with Crippen LogP contribution in [0.4, 0.5) is 21.9 Å². The normalized spacial score (nSPS) is 10.6. The minimum atomic E-state index is -0.276. The number of urea groups is 1. The zero-order valence-electron chi connectivity index (χ0n) is 13.4. The molecule has 6 heteroatoms. The van der Waals surface area contributed by atoms with E-state index < -0.39 is 0 Å². The van der Waals surface area contributed by atoms with Crippen LogP contribution in [0, 0.1) is 0 Å². The fourth-order valence-electron chi connectivity index (χ4n) is 1.95. The van der Waals surface area contributed by atoms with Gasteiger partial charge in [-0.15, -0.1) is 0 Å². The molecule has 0 bridgehead atoms. The number of hydrogen-bond acceptors (Lipinski definition) is 4. The standard InChI is InChI=1S/C17H20N4OS/c1-21(2)16-9-7-14(8-10-16)19-17(22)20-15-6-4-5-13(11-15)12-18-23-3/h4-12H,1-3H3,(H2,19,20,22). The first-order chi connectivity index (χ1) is 11.1. The molecule has 0 saturated carbocycles. The molecule has 0 spiro atoms. The maximum Gasteiger partial charge on any atom is 0.323 e. The van der Waals surface area contributed by atoms with Crippen LogP contribution in [-0.2, 0) is 0 Å². The largest absolute Gasteiger partial charge is 0.378 e. The number of amides is 2. The van der Waals surface area contributed by atoms with Crippen LogP contribution in [-0.4, -0.2) is 32.6 Å². The third kappa shape index (κ3) is 5.34. The third-order valence-corrected chi connectivity index (χ3v) is 3.41. The Morgan fingerprint density at radius 3 is 2.43 bits per heavy atom. The number of benzene rings is 2. The molecule has 2 amide bonds. The highest BCUT2D eigenvalue weighted by Crippen LogP contribution is 2.16. The van der Waals surface area contributed by atoms with Gasteiger partial charge in [0.05, 0.1) is 0 Å². The predicted molar refractivity (Wildman–Crippen MR) is 101 cm³/mol. The first kappa shape index (κ1) is 16.9. The van der Waals surface area contributed by atoms with E-state index in [2.05, 4.69) is 15.0 Å². The Morgan fingerprint density at radius 2 is 1.78 bits per heavy atom. The van der Waals surface area contributed by atoms with E-state index >= 15 is 0 Å². The summed E-state index contributed by atoms with van der Waals surface area (Å²) in [5.74, 6) is 0. The van der Waals surface area contributed by atoms with Crippen molar-refractivity contribution in [2.45, 2.75) is 0 Å². The number of carbonyl (C=O) groups is 1. The minimum absolute atomic E-state index is 0.276. The molecule has 0 aromatic heterocycles. The average molecular weight is 328 g/mol. The summed E-state index contributed by atoms with van der Waals surface area (Å²) in [7, 11) is 3.95. The first-order valence-corrected chi connectivity index (χ1v) is 8.28. The Kier molecular flexibility index (Phi) is 6.05. The van der Waals surface area contributed by atoms with E-state index in [0.717, 1.165) is 22.6 Å². The molecular formula is C17H20N4OS. The van der Waals surface area contributed by atoms with Crippen LogP contribution in [0.15, 0.2) is 52.9 Å². The maximum atomic E-state index is 12.1. The highest BCUT2D eigenvalue weighted by molar-refractivity contribution is 7.97. The molecule has 0 heterocycles. The Morgan fingerprint density at radius 1 is 1.09 bits per heavy atom. The quantitative estimate of drug-likeness (QED) is 0.642. The van der Waals surface area contributed by atoms with Crippen molar-refractivity contribution in [2.24, 2.45) is 4.40 Å². The van der Waals surface area contributed by atoms with Gasteiger partial charge in [-0.05, 0) is 53.9 Å². The van der Waals surface area contributed by atoms with Gasteiger partial charge in [-0.2, -0.15) is 0 Å². The van der Waals surface area contributed by atoms with E-state index in [0.29, 0.717) is 0 Å². The first-order valence-electron chi connectivity index (χ1n) is 7.10. The van der Waals surface area contributed by atoms with Crippen molar-refractivity contribution in [3.8, 4) is 0 Å². The lowest BCUT2D eigenvalue weighted by Crippen LogP contribution is -2.19. The molecule has 0 unspecified atom stereocenters. The smallest absolute Gasteiger partial charge is 0.323 e. The van der Waals surface area contributed by atoms with E-state index in [1.54, 1.807) is 6.21 Å². The monoisotopic (exact) mass is 328 g/mol. The van der Waals surface area contributed by atoms with Crippen molar-refractivity contribution < 1.29 is 4.79 Å². The van der Waals surface area contributed by atoms with Crippen molar-refractivity contribution >= 4 is 41.3 Å². The molecule has 2 aromatic rings. The summed E-state index contributed by atoms with van der Waals surface area (Å²) in [6.07, 6.45) is 3.65. The van der Waals surface area contributed by atoms with Gasteiger partial charge >= 0.3 is 6.03 Å². The van der Waals surface area contributed by atoms with Gasteiger partial charge in [-0.3, -0.25) is 0 Å². The molecule has 0 saturated heterocycles. The molecule has 0 aliphatic heterocycles. The predicted octanol–water partition coefficient (Wildman–Crippen LogP) is 4.09. The summed E-state index contributed by atoms with van der Waals surface area (Å²) in [5, 5.41) is 5.63. The molecule has 0 aliphatic carbocycles. The van der Waals surface area contributed by atoms with Crippen molar-refractivity contribution in [3.05, 3.63) is 54.1 Å². The third-order valence-electron chi connectivity index (χ3n) is 3.09. The van der Waals surface area contributed by atoms with Crippen LogP contribution >= 0.6 is 11.9 Å². The molecule has 5 nitrogen and oxygen atoms in total. The number of nitrogens with one attached hydrogen (secondary N) is 2. The summed E-state index contributed by atoms with van der Waals surface area (Å²) in [4.78, 5) is 14.1. The summed E-state index contributed by atoms with van der Waals surface area (Å²) >= 11 is 1.39. The van der Waals surface area contributed by atoms with Gasteiger partial charge in [-0.25, -0.2) is 9.19 Å². The summed E-state index contributed by atoms with van der Waals surface area (Å²) in [6.45, 7) is 0. The van der Waals surface area contributed by atoms with Crippen LogP contribution in [0.5, 0.6) is 0 Å². The molecule has 0 aliphatic rings. The molecular weight excluding hydrogens is 308 g/mol. The van der Waals surface area contributed by atoms with Crippen LogP contribution in [0.25, 0.3) is 0 Å². The molecule has 120 valence electrons. The Balaban J connectivity index is 1.98. The van der Waals surface area contributed by atoms with Crippen LogP contribution in [0.1, 0.15) is 5.56 Å². The molecule has 0 atom stereocenters. The van der Waals surface area contributed by atoms with Gasteiger partial charge in [0, 0.05) is 43.6 Å². The van der Waals surface area contributed by atoms with Crippen LogP contribution in [0.3, 0.4) is 0 Å². The van der Waals surface area contributed by atoms with Crippen molar-refractivity contribution in [3.63, 3.8) is 0 Å². The molecule has 23 heavy (non-hydrogen) atoms. The number of nitrogens with zero attached hydrogens (tertiary/aromatic N) is 2. The van der Waals surface area contributed by atoms with E-state index in [9.17, 15) is 4.79 Å². The SMILES string of the molecule is CSN=Cc1cccc(NC(=O)Nc2ccc(N(C)C)cc2)c1. The van der Waals surface area contributed by atoms with E-state index in [-0.39, 0.29) is 6.03 Å². The van der Waals surface area contributed by atoms with E-state index in [4.69, 9.17) is 0 Å². The Bertz CT molecular complexity index is 683. The van der Waals surface area contributed by atoms with Gasteiger partial charge in [0.25, 0.3) is 0 Å². The fourth-order valence-corrected chi connectivity index (χ4v) is 2.17. The van der Waals surface area contributed by atoms with Crippen molar-refractivity contribution in [1.82, 2.24) is 0 Å². The highest BCUT2D eigenvalue weighted by Gasteiger charge is 2.03. The zero-order valence-corrected chi connectivity index (χ0v) is 14.2. The molecule has 0 radical (unpaired) electrons. The zero-order chi connectivity index (χ0) is 16.7. The topological polar surface area (TPSA) is 56.7 Å². The fraction of sp³-hybridized carbons (Fsp3) is 0.176. The summed E-state index contributed by atoms with van der Waals surface area (Å²) in [6, 6.07) is 14.9. The van der Waals surface area contributed by atoms with E-state index in [1.807, 2.05) is 73.8 Å². The lowest BCUT2D eigenvalue weighted by molar-refractivity contribution is 0.262. The average Bonchev–Trinajstić information content (AvgIpc) is 2.53. The van der Waals surface area contributed by atoms with Crippen LogP contribution in [0.2, 0.25) is 0 Å².